The van der Waals surface area contributed by atoms with E-state index >= 15 is 0 Å². The minimum absolute atomic E-state index is 0.0201. The Bertz CT molecular complexity index is 218. The highest BCUT2D eigenvalue weighted by atomic mass is 16.5. The van der Waals surface area contributed by atoms with E-state index in [1.165, 1.54) is 0 Å². The Balaban J connectivity index is 3.45. The van der Waals surface area contributed by atoms with Gasteiger partial charge in [0, 0.05) is 33.1 Å². The van der Waals surface area contributed by atoms with Crippen LogP contribution in [0.15, 0.2) is 0 Å². The number of rotatable bonds is 9. The molecule has 2 N–H and O–H groups in total. The highest BCUT2D eigenvalue weighted by molar-refractivity contribution is 5.75. The quantitative estimate of drug-likeness (QED) is 0.581. The van der Waals surface area contributed by atoms with Crippen LogP contribution in [-0.4, -0.2) is 37.2 Å². The molecular weight excluding hydrogens is 210 g/mol. The van der Waals surface area contributed by atoms with Crippen molar-refractivity contribution in [1.82, 2.24) is 5.32 Å². The Hall–Kier alpha value is -1.10. The first kappa shape index (κ1) is 14.9. The van der Waals surface area contributed by atoms with Gasteiger partial charge >= 0.3 is 5.97 Å². The standard InChI is InChI=1S/C11H21NO4/c1-9(7-11(14)15)8-12-10(13)5-3-4-6-16-2/h9H,3-8H2,1-2H3,(H,12,13)(H,14,15). The third kappa shape index (κ3) is 9.45. The summed E-state index contributed by atoms with van der Waals surface area (Å²) in [5, 5.41) is 11.2. The molecule has 0 aromatic carbocycles. The van der Waals surface area contributed by atoms with E-state index in [0.717, 1.165) is 12.8 Å². The third-order valence-electron chi connectivity index (χ3n) is 2.17. The van der Waals surface area contributed by atoms with Gasteiger partial charge in [0.05, 0.1) is 0 Å². The van der Waals surface area contributed by atoms with Crippen LogP contribution in [0.4, 0.5) is 0 Å². The van der Waals surface area contributed by atoms with Crippen molar-refractivity contribution in [3.05, 3.63) is 0 Å². The van der Waals surface area contributed by atoms with E-state index < -0.39 is 5.97 Å². The molecule has 0 rings (SSSR count). The van der Waals surface area contributed by atoms with Gasteiger partial charge in [-0.05, 0) is 18.8 Å². The summed E-state index contributed by atoms with van der Waals surface area (Å²) in [6.07, 6.45) is 2.23. The molecule has 0 bridgehead atoms. The Morgan fingerprint density at radius 1 is 1.38 bits per heavy atom. The van der Waals surface area contributed by atoms with E-state index in [-0.39, 0.29) is 18.2 Å². The highest BCUT2D eigenvalue weighted by Gasteiger charge is 2.08. The SMILES string of the molecule is COCCCCC(=O)NCC(C)CC(=O)O. The number of amides is 1. The van der Waals surface area contributed by atoms with Gasteiger partial charge in [-0.2, -0.15) is 0 Å². The molecule has 0 radical (unpaired) electrons. The molecule has 0 aliphatic carbocycles. The lowest BCUT2D eigenvalue weighted by Crippen LogP contribution is -2.29. The molecular formula is C11H21NO4. The smallest absolute Gasteiger partial charge is 0.303 e. The molecule has 0 fully saturated rings. The monoisotopic (exact) mass is 231 g/mol. The fourth-order valence-corrected chi connectivity index (χ4v) is 1.28. The summed E-state index contributed by atoms with van der Waals surface area (Å²) in [5.41, 5.74) is 0. The van der Waals surface area contributed by atoms with Crippen LogP contribution < -0.4 is 5.32 Å². The van der Waals surface area contributed by atoms with E-state index in [0.29, 0.717) is 19.6 Å². The summed E-state index contributed by atoms with van der Waals surface area (Å²) >= 11 is 0. The van der Waals surface area contributed by atoms with Crippen molar-refractivity contribution >= 4 is 11.9 Å². The summed E-state index contributed by atoms with van der Waals surface area (Å²) in [4.78, 5) is 21.7. The first-order valence-electron chi connectivity index (χ1n) is 5.53. The largest absolute Gasteiger partial charge is 0.481 e. The molecule has 1 atom stereocenters. The zero-order chi connectivity index (χ0) is 12.4. The number of hydrogen-bond donors (Lipinski definition) is 2. The van der Waals surface area contributed by atoms with Crippen LogP contribution in [-0.2, 0) is 14.3 Å². The Labute approximate surface area is 96.2 Å². The van der Waals surface area contributed by atoms with Crippen LogP contribution in [0.25, 0.3) is 0 Å². The van der Waals surface area contributed by atoms with Crippen molar-refractivity contribution in [1.29, 1.82) is 0 Å². The maximum absolute atomic E-state index is 11.3. The summed E-state index contributed by atoms with van der Waals surface area (Å²) in [5.74, 6) is -0.879. The second-order valence-corrected chi connectivity index (χ2v) is 3.96. The topological polar surface area (TPSA) is 75.6 Å². The number of unbranched alkanes of at least 4 members (excludes halogenated alkanes) is 1. The van der Waals surface area contributed by atoms with Gasteiger partial charge in [-0.1, -0.05) is 6.92 Å². The van der Waals surface area contributed by atoms with Gasteiger partial charge in [0.2, 0.25) is 5.91 Å². The molecule has 0 aliphatic rings. The van der Waals surface area contributed by atoms with Crippen molar-refractivity contribution < 1.29 is 19.4 Å². The number of nitrogens with one attached hydrogen (secondary N) is 1. The summed E-state index contributed by atoms with van der Waals surface area (Å²) < 4.78 is 4.87. The van der Waals surface area contributed by atoms with Crippen LogP contribution in [0.3, 0.4) is 0 Å². The minimum atomic E-state index is -0.832. The number of hydrogen-bond acceptors (Lipinski definition) is 3. The Morgan fingerprint density at radius 3 is 2.62 bits per heavy atom. The Morgan fingerprint density at radius 2 is 2.06 bits per heavy atom. The van der Waals surface area contributed by atoms with Crippen molar-refractivity contribution in [3.8, 4) is 0 Å². The lowest BCUT2D eigenvalue weighted by atomic mass is 10.1. The van der Waals surface area contributed by atoms with E-state index in [2.05, 4.69) is 5.32 Å². The van der Waals surface area contributed by atoms with Gasteiger partial charge in [0.1, 0.15) is 0 Å². The number of carbonyl (C=O) groups excluding carboxylic acids is 1. The lowest BCUT2D eigenvalue weighted by Gasteiger charge is -2.10. The predicted molar refractivity (Wildman–Crippen MR) is 60.2 cm³/mol. The van der Waals surface area contributed by atoms with Crippen molar-refractivity contribution in [2.24, 2.45) is 5.92 Å². The summed E-state index contributed by atoms with van der Waals surface area (Å²) in [7, 11) is 1.63. The van der Waals surface area contributed by atoms with E-state index in [1.54, 1.807) is 14.0 Å². The van der Waals surface area contributed by atoms with Gasteiger partial charge in [0.15, 0.2) is 0 Å². The zero-order valence-electron chi connectivity index (χ0n) is 9.99. The number of methoxy groups -OCH3 is 1. The van der Waals surface area contributed by atoms with Gasteiger partial charge in [-0.15, -0.1) is 0 Å². The Kier molecular flexibility index (Phi) is 8.52. The minimum Gasteiger partial charge on any atom is -0.481 e. The number of ether oxygens (including phenoxy) is 1. The zero-order valence-corrected chi connectivity index (χ0v) is 9.99. The molecule has 0 spiro atoms. The summed E-state index contributed by atoms with van der Waals surface area (Å²) in [6, 6.07) is 0. The van der Waals surface area contributed by atoms with E-state index in [9.17, 15) is 9.59 Å². The van der Waals surface area contributed by atoms with Crippen LogP contribution in [0.1, 0.15) is 32.6 Å². The van der Waals surface area contributed by atoms with Crippen LogP contribution in [0, 0.1) is 5.92 Å². The number of aliphatic carboxylic acids is 1. The van der Waals surface area contributed by atoms with Gasteiger partial charge < -0.3 is 15.2 Å². The second-order valence-electron chi connectivity index (χ2n) is 3.96. The van der Waals surface area contributed by atoms with Crippen LogP contribution in [0.5, 0.6) is 0 Å². The lowest BCUT2D eigenvalue weighted by molar-refractivity contribution is -0.138. The van der Waals surface area contributed by atoms with Crippen molar-refractivity contribution in [2.75, 3.05) is 20.3 Å². The molecule has 5 nitrogen and oxygen atoms in total. The maximum Gasteiger partial charge on any atom is 0.303 e. The van der Waals surface area contributed by atoms with Gasteiger partial charge in [-0.3, -0.25) is 9.59 Å². The molecule has 16 heavy (non-hydrogen) atoms. The average Bonchev–Trinajstić information content (AvgIpc) is 2.20. The molecule has 0 saturated heterocycles. The van der Waals surface area contributed by atoms with Gasteiger partial charge in [0.25, 0.3) is 0 Å². The molecule has 0 aromatic heterocycles. The molecule has 1 unspecified atom stereocenters. The molecule has 0 aromatic rings. The molecule has 94 valence electrons. The fraction of sp³-hybridized carbons (Fsp3) is 0.818. The first-order valence-corrected chi connectivity index (χ1v) is 5.53. The van der Waals surface area contributed by atoms with E-state index in [1.807, 2.05) is 0 Å². The third-order valence-corrected chi connectivity index (χ3v) is 2.17. The number of carboxylic acids is 1. The van der Waals surface area contributed by atoms with Crippen LogP contribution in [0.2, 0.25) is 0 Å². The molecule has 1 amide bonds. The average molecular weight is 231 g/mol. The molecule has 0 saturated carbocycles. The van der Waals surface area contributed by atoms with Crippen LogP contribution >= 0.6 is 0 Å². The van der Waals surface area contributed by atoms with E-state index in [4.69, 9.17) is 9.84 Å². The van der Waals surface area contributed by atoms with Gasteiger partial charge in [-0.25, -0.2) is 0 Å². The predicted octanol–water partition coefficient (Wildman–Crippen LogP) is 1.03. The number of carboxylic acid groups (broad SMARTS) is 1. The number of carbonyl (C=O) groups is 2. The van der Waals surface area contributed by atoms with Crippen molar-refractivity contribution in [3.63, 3.8) is 0 Å². The normalized spacial score (nSPS) is 12.1. The molecule has 0 heterocycles. The molecule has 5 heteroatoms. The highest BCUT2D eigenvalue weighted by Crippen LogP contribution is 2.00. The molecule has 0 aliphatic heterocycles. The second kappa shape index (κ2) is 9.15. The summed E-state index contributed by atoms with van der Waals surface area (Å²) in [6.45, 7) is 2.90. The first-order chi connectivity index (χ1) is 7.56. The van der Waals surface area contributed by atoms with Crippen molar-refractivity contribution in [2.45, 2.75) is 32.6 Å². The maximum atomic E-state index is 11.3. The fourth-order valence-electron chi connectivity index (χ4n) is 1.28.